The van der Waals surface area contributed by atoms with E-state index >= 15 is 0 Å². The maximum Gasteiger partial charge on any atom is 0.217 e. The number of amides is 1. The normalized spacial score (nSPS) is 9.79. The zero-order valence-corrected chi connectivity index (χ0v) is 8.29. The van der Waals surface area contributed by atoms with Crippen LogP contribution in [0.1, 0.15) is 18.4 Å². The SMILES string of the molecule is Cc1ccc(NCCCC(N)=O)nc1. The molecule has 0 bridgehead atoms. The number of pyridine rings is 1. The standard InChI is InChI=1S/C10H15N3O/c1-8-4-5-10(13-7-8)12-6-2-3-9(11)14/h4-5,7H,2-3,6H2,1H3,(H2,11,14)(H,12,13). The van der Waals surface area contributed by atoms with Gasteiger partial charge in [0.25, 0.3) is 0 Å². The van der Waals surface area contributed by atoms with E-state index in [0.29, 0.717) is 6.42 Å². The molecule has 0 aliphatic rings. The van der Waals surface area contributed by atoms with E-state index in [4.69, 9.17) is 5.73 Å². The van der Waals surface area contributed by atoms with E-state index in [-0.39, 0.29) is 5.91 Å². The van der Waals surface area contributed by atoms with Crippen LogP contribution in [0.2, 0.25) is 0 Å². The van der Waals surface area contributed by atoms with Crippen LogP contribution >= 0.6 is 0 Å². The molecule has 0 atom stereocenters. The number of anilines is 1. The number of carbonyl (C=O) groups excluding carboxylic acids is 1. The predicted molar refractivity (Wildman–Crippen MR) is 55.9 cm³/mol. The Kier molecular flexibility index (Phi) is 3.91. The van der Waals surface area contributed by atoms with E-state index in [1.807, 2.05) is 19.1 Å². The van der Waals surface area contributed by atoms with Crippen LogP contribution < -0.4 is 11.1 Å². The molecule has 4 heteroatoms. The van der Waals surface area contributed by atoms with E-state index in [0.717, 1.165) is 24.3 Å². The van der Waals surface area contributed by atoms with Crippen molar-refractivity contribution in [1.82, 2.24) is 4.98 Å². The van der Waals surface area contributed by atoms with Gasteiger partial charge in [0.15, 0.2) is 0 Å². The minimum absolute atomic E-state index is 0.260. The molecule has 0 aliphatic carbocycles. The van der Waals surface area contributed by atoms with Crippen LogP contribution in [0.15, 0.2) is 18.3 Å². The Morgan fingerprint density at radius 1 is 1.57 bits per heavy atom. The Morgan fingerprint density at radius 3 is 2.93 bits per heavy atom. The molecule has 4 nitrogen and oxygen atoms in total. The number of carbonyl (C=O) groups is 1. The molecule has 76 valence electrons. The van der Waals surface area contributed by atoms with Gasteiger partial charge < -0.3 is 11.1 Å². The maximum atomic E-state index is 10.4. The van der Waals surface area contributed by atoms with Crippen LogP contribution in [0.5, 0.6) is 0 Å². The predicted octanol–water partition coefficient (Wildman–Crippen LogP) is 1.07. The van der Waals surface area contributed by atoms with Crippen molar-refractivity contribution in [3.05, 3.63) is 23.9 Å². The molecule has 0 aromatic carbocycles. The van der Waals surface area contributed by atoms with Gasteiger partial charge in [0, 0.05) is 19.2 Å². The molecule has 0 fully saturated rings. The summed E-state index contributed by atoms with van der Waals surface area (Å²) in [6, 6.07) is 3.91. The van der Waals surface area contributed by atoms with Crippen molar-refractivity contribution < 1.29 is 4.79 Å². The van der Waals surface area contributed by atoms with Crippen LogP contribution in [0.3, 0.4) is 0 Å². The van der Waals surface area contributed by atoms with Crippen molar-refractivity contribution in [3.63, 3.8) is 0 Å². The quantitative estimate of drug-likeness (QED) is 0.687. The first-order valence-corrected chi connectivity index (χ1v) is 4.63. The fourth-order valence-electron chi connectivity index (χ4n) is 1.05. The molecule has 1 aromatic rings. The molecule has 0 spiro atoms. The first-order chi connectivity index (χ1) is 6.68. The molecule has 0 aliphatic heterocycles. The van der Waals surface area contributed by atoms with Crippen molar-refractivity contribution in [1.29, 1.82) is 0 Å². The summed E-state index contributed by atoms with van der Waals surface area (Å²) in [5.41, 5.74) is 6.14. The van der Waals surface area contributed by atoms with Gasteiger partial charge in [-0.1, -0.05) is 6.07 Å². The highest BCUT2D eigenvalue weighted by Crippen LogP contribution is 2.03. The second-order valence-electron chi connectivity index (χ2n) is 3.22. The average molecular weight is 193 g/mol. The van der Waals surface area contributed by atoms with Crippen molar-refractivity contribution in [2.45, 2.75) is 19.8 Å². The van der Waals surface area contributed by atoms with Gasteiger partial charge in [-0.15, -0.1) is 0 Å². The van der Waals surface area contributed by atoms with Crippen molar-refractivity contribution in [3.8, 4) is 0 Å². The van der Waals surface area contributed by atoms with Gasteiger partial charge in [-0.3, -0.25) is 4.79 Å². The third-order valence-corrected chi connectivity index (χ3v) is 1.82. The molecule has 0 radical (unpaired) electrons. The average Bonchev–Trinajstić information content (AvgIpc) is 2.15. The zero-order chi connectivity index (χ0) is 10.4. The Bertz CT molecular complexity index is 295. The molecular weight excluding hydrogens is 178 g/mol. The fraction of sp³-hybridized carbons (Fsp3) is 0.400. The molecule has 1 rings (SSSR count). The van der Waals surface area contributed by atoms with Crippen molar-refractivity contribution in [2.24, 2.45) is 5.73 Å². The lowest BCUT2D eigenvalue weighted by Gasteiger charge is -2.04. The zero-order valence-electron chi connectivity index (χ0n) is 8.29. The number of primary amides is 1. The highest BCUT2D eigenvalue weighted by atomic mass is 16.1. The van der Waals surface area contributed by atoms with Crippen LogP contribution in [0, 0.1) is 6.92 Å². The van der Waals surface area contributed by atoms with E-state index in [1.165, 1.54) is 0 Å². The Labute approximate surface area is 83.5 Å². The summed E-state index contributed by atoms with van der Waals surface area (Å²) in [6.45, 7) is 2.71. The highest BCUT2D eigenvalue weighted by Gasteiger charge is 1.95. The van der Waals surface area contributed by atoms with Crippen molar-refractivity contribution in [2.75, 3.05) is 11.9 Å². The molecule has 14 heavy (non-hydrogen) atoms. The minimum atomic E-state index is -0.260. The minimum Gasteiger partial charge on any atom is -0.370 e. The van der Waals surface area contributed by atoms with Gasteiger partial charge in [0.1, 0.15) is 5.82 Å². The van der Waals surface area contributed by atoms with E-state index in [2.05, 4.69) is 10.3 Å². The molecule has 1 aromatic heterocycles. The number of rotatable bonds is 5. The van der Waals surface area contributed by atoms with Gasteiger partial charge in [0.05, 0.1) is 0 Å². The molecule has 0 saturated heterocycles. The second kappa shape index (κ2) is 5.21. The number of nitrogens with one attached hydrogen (secondary N) is 1. The molecule has 1 amide bonds. The van der Waals surface area contributed by atoms with Gasteiger partial charge in [0.2, 0.25) is 5.91 Å². The van der Waals surface area contributed by atoms with Gasteiger partial charge in [-0.25, -0.2) is 4.98 Å². The third kappa shape index (κ3) is 3.89. The number of hydrogen-bond acceptors (Lipinski definition) is 3. The van der Waals surface area contributed by atoms with Gasteiger partial charge in [-0.2, -0.15) is 0 Å². The first kappa shape index (κ1) is 10.5. The van der Waals surface area contributed by atoms with Crippen molar-refractivity contribution >= 4 is 11.7 Å². The highest BCUT2D eigenvalue weighted by molar-refractivity contribution is 5.73. The molecule has 3 N–H and O–H groups in total. The largest absolute Gasteiger partial charge is 0.370 e. The molecule has 1 heterocycles. The smallest absolute Gasteiger partial charge is 0.217 e. The summed E-state index contributed by atoms with van der Waals surface area (Å²) in [5.74, 6) is 0.573. The lowest BCUT2D eigenvalue weighted by atomic mass is 10.3. The molecule has 0 saturated carbocycles. The Balaban J connectivity index is 2.25. The third-order valence-electron chi connectivity index (χ3n) is 1.82. The Morgan fingerprint density at radius 2 is 2.36 bits per heavy atom. The van der Waals surface area contributed by atoms with E-state index in [1.54, 1.807) is 6.20 Å². The lowest BCUT2D eigenvalue weighted by molar-refractivity contribution is -0.118. The number of hydrogen-bond donors (Lipinski definition) is 2. The number of nitrogens with two attached hydrogens (primary N) is 1. The Hall–Kier alpha value is -1.58. The summed E-state index contributed by atoms with van der Waals surface area (Å²) in [6.07, 6.45) is 2.96. The van der Waals surface area contributed by atoms with Crippen LogP contribution in [-0.2, 0) is 4.79 Å². The number of aromatic nitrogens is 1. The van der Waals surface area contributed by atoms with Gasteiger partial charge >= 0.3 is 0 Å². The topological polar surface area (TPSA) is 68.0 Å². The van der Waals surface area contributed by atoms with Gasteiger partial charge in [-0.05, 0) is 25.0 Å². The summed E-state index contributed by atoms with van der Waals surface area (Å²) in [5, 5.41) is 3.11. The number of aryl methyl sites for hydroxylation is 1. The second-order valence-corrected chi connectivity index (χ2v) is 3.22. The molecular formula is C10H15N3O. The van der Waals surface area contributed by atoms with E-state index in [9.17, 15) is 4.79 Å². The maximum absolute atomic E-state index is 10.4. The fourth-order valence-corrected chi connectivity index (χ4v) is 1.05. The van der Waals surface area contributed by atoms with Crippen LogP contribution in [0.4, 0.5) is 5.82 Å². The summed E-state index contributed by atoms with van der Waals surface area (Å²) in [4.78, 5) is 14.6. The molecule has 0 unspecified atom stereocenters. The number of nitrogens with zero attached hydrogens (tertiary/aromatic N) is 1. The summed E-state index contributed by atoms with van der Waals surface area (Å²) < 4.78 is 0. The van der Waals surface area contributed by atoms with E-state index < -0.39 is 0 Å². The van der Waals surface area contributed by atoms with Crippen LogP contribution in [0.25, 0.3) is 0 Å². The van der Waals surface area contributed by atoms with Crippen LogP contribution in [-0.4, -0.2) is 17.4 Å². The summed E-state index contributed by atoms with van der Waals surface area (Å²) >= 11 is 0. The lowest BCUT2D eigenvalue weighted by Crippen LogP contribution is -2.12. The summed E-state index contributed by atoms with van der Waals surface area (Å²) in [7, 11) is 0. The monoisotopic (exact) mass is 193 g/mol. The first-order valence-electron chi connectivity index (χ1n) is 4.63.